The van der Waals surface area contributed by atoms with E-state index in [9.17, 15) is 13.2 Å². The number of sulfonamides is 1. The van der Waals surface area contributed by atoms with Gasteiger partial charge in [0.1, 0.15) is 5.75 Å². The van der Waals surface area contributed by atoms with Gasteiger partial charge in [0.2, 0.25) is 10.0 Å². The van der Waals surface area contributed by atoms with E-state index in [1.807, 2.05) is 24.4 Å². The van der Waals surface area contributed by atoms with Gasteiger partial charge in [0, 0.05) is 24.5 Å². The van der Waals surface area contributed by atoms with E-state index in [0.29, 0.717) is 18.8 Å². The minimum Gasteiger partial charge on any atom is -0.497 e. The van der Waals surface area contributed by atoms with Crippen LogP contribution >= 0.6 is 11.3 Å². The molecule has 0 aliphatic carbocycles. The summed E-state index contributed by atoms with van der Waals surface area (Å²) in [7, 11) is -2.10. The second kappa shape index (κ2) is 9.56. The molecule has 0 aliphatic heterocycles. The predicted octanol–water partition coefficient (Wildman–Crippen LogP) is 2.27. The van der Waals surface area contributed by atoms with Crippen molar-refractivity contribution in [2.24, 2.45) is 0 Å². The second-order valence-corrected chi connectivity index (χ2v) is 8.20. The maximum absolute atomic E-state index is 12.2. The molecular formula is C17H23N3O4S2. The number of nitrogens with zero attached hydrogens (tertiary/aromatic N) is 1. The number of amides is 2. The number of benzene rings is 1. The van der Waals surface area contributed by atoms with Gasteiger partial charge in [0.05, 0.1) is 18.6 Å². The molecule has 2 rings (SSSR count). The molecule has 0 unspecified atom stereocenters. The number of carbonyl (C=O) groups is 1. The Bertz CT molecular complexity index is 790. The van der Waals surface area contributed by atoms with Crippen molar-refractivity contribution in [3.8, 4) is 5.75 Å². The van der Waals surface area contributed by atoms with Gasteiger partial charge in [-0.05, 0) is 42.6 Å². The molecule has 1 aromatic heterocycles. The number of methoxy groups -OCH3 is 1. The Hall–Kier alpha value is -2.10. The van der Waals surface area contributed by atoms with Crippen molar-refractivity contribution in [2.75, 3.05) is 26.7 Å². The summed E-state index contributed by atoms with van der Waals surface area (Å²) < 4.78 is 31.9. The molecule has 9 heteroatoms. The number of urea groups is 1. The highest BCUT2D eigenvalue weighted by Crippen LogP contribution is 2.15. The number of carbonyl (C=O) groups excluding carboxylic acids is 1. The Kier molecular flexibility index (Phi) is 7.43. The van der Waals surface area contributed by atoms with Crippen molar-refractivity contribution < 1.29 is 17.9 Å². The van der Waals surface area contributed by atoms with Gasteiger partial charge >= 0.3 is 6.03 Å². The van der Waals surface area contributed by atoms with Crippen molar-refractivity contribution in [1.29, 1.82) is 0 Å². The van der Waals surface area contributed by atoms with E-state index in [1.165, 1.54) is 19.2 Å². The molecule has 0 fully saturated rings. The number of hydrogen-bond acceptors (Lipinski definition) is 5. The van der Waals surface area contributed by atoms with E-state index in [4.69, 9.17) is 4.74 Å². The molecule has 2 N–H and O–H groups in total. The normalized spacial score (nSPS) is 11.2. The number of rotatable bonds is 9. The molecule has 0 saturated carbocycles. The summed E-state index contributed by atoms with van der Waals surface area (Å²) in [6, 6.07) is 9.81. The van der Waals surface area contributed by atoms with Crippen LogP contribution in [0.1, 0.15) is 11.8 Å². The summed E-state index contributed by atoms with van der Waals surface area (Å²) >= 11 is 1.59. The highest BCUT2D eigenvalue weighted by molar-refractivity contribution is 7.89. The molecule has 0 radical (unpaired) electrons. The average Bonchev–Trinajstić information content (AvgIpc) is 3.16. The molecule has 26 heavy (non-hydrogen) atoms. The summed E-state index contributed by atoms with van der Waals surface area (Å²) in [5.74, 6) is 0.585. The zero-order chi connectivity index (χ0) is 19.0. The number of hydrogen-bond donors (Lipinski definition) is 2. The van der Waals surface area contributed by atoms with Crippen molar-refractivity contribution in [3.63, 3.8) is 0 Å². The van der Waals surface area contributed by atoms with Crippen molar-refractivity contribution in [2.45, 2.75) is 18.4 Å². The number of nitrogens with one attached hydrogen (secondary N) is 2. The first kappa shape index (κ1) is 20.2. The van der Waals surface area contributed by atoms with Gasteiger partial charge in [-0.25, -0.2) is 17.9 Å². The Labute approximate surface area is 158 Å². The lowest BCUT2D eigenvalue weighted by molar-refractivity contribution is 0.199. The zero-order valence-electron chi connectivity index (χ0n) is 14.8. The smallest absolute Gasteiger partial charge is 0.317 e. The van der Waals surface area contributed by atoms with Crippen LogP contribution in [-0.4, -0.2) is 46.1 Å². The van der Waals surface area contributed by atoms with Gasteiger partial charge in [-0.3, -0.25) is 0 Å². The summed E-state index contributed by atoms with van der Waals surface area (Å²) in [6.07, 6.45) is 0. The van der Waals surface area contributed by atoms with Crippen LogP contribution in [-0.2, 0) is 16.6 Å². The minimum atomic E-state index is -3.62. The fourth-order valence-corrected chi connectivity index (χ4v) is 3.97. The standard InChI is InChI=1S/C17H23N3O4S2/c1-3-20(13-15-5-4-12-25-15)17(21)18-10-11-19-26(22,23)16-8-6-14(24-2)7-9-16/h4-9,12,19H,3,10-11,13H2,1-2H3,(H,18,21). The summed E-state index contributed by atoms with van der Waals surface area (Å²) in [5, 5.41) is 4.70. The summed E-state index contributed by atoms with van der Waals surface area (Å²) in [6.45, 7) is 3.32. The van der Waals surface area contributed by atoms with Gasteiger partial charge in [0.25, 0.3) is 0 Å². The van der Waals surface area contributed by atoms with Crippen LogP contribution in [0.5, 0.6) is 5.75 Å². The van der Waals surface area contributed by atoms with E-state index < -0.39 is 10.0 Å². The quantitative estimate of drug-likeness (QED) is 0.636. The average molecular weight is 398 g/mol. The molecule has 7 nitrogen and oxygen atoms in total. The Morgan fingerprint density at radius 2 is 1.92 bits per heavy atom. The van der Waals surface area contributed by atoms with Crippen LogP contribution in [0, 0.1) is 0 Å². The Balaban J connectivity index is 1.79. The van der Waals surface area contributed by atoms with Crippen LogP contribution in [0.15, 0.2) is 46.7 Å². The number of thiophene rings is 1. The molecule has 0 spiro atoms. The molecule has 2 aromatic rings. The fourth-order valence-electron chi connectivity index (χ4n) is 2.22. The van der Waals surface area contributed by atoms with Crippen molar-refractivity contribution in [3.05, 3.63) is 46.7 Å². The van der Waals surface area contributed by atoms with Crippen LogP contribution in [0.3, 0.4) is 0 Å². The lowest BCUT2D eigenvalue weighted by Gasteiger charge is -2.20. The SMILES string of the molecule is CCN(Cc1cccs1)C(=O)NCCNS(=O)(=O)c1ccc(OC)cc1. The monoisotopic (exact) mass is 397 g/mol. The van der Waals surface area contributed by atoms with Gasteiger partial charge in [0.15, 0.2) is 0 Å². The van der Waals surface area contributed by atoms with E-state index in [1.54, 1.807) is 28.4 Å². The summed E-state index contributed by atoms with van der Waals surface area (Å²) in [5.41, 5.74) is 0. The van der Waals surface area contributed by atoms with Gasteiger partial charge in [-0.2, -0.15) is 0 Å². The Morgan fingerprint density at radius 1 is 1.19 bits per heavy atom. The zero-order valence-corrected chi connectivity index (χ0v) is 16.4. The first-order valence-corrected chi connectivity index (χ1v) is 10.5. The third-order valence-corrected chi connectivity index (χ3v) is 6.00. The van der Waals surface area contributed by atoms with Crippen LogP contribution < -0.4 is 14.8 Å². The molecule has 0 atom stereocenters. The second-order valence-electron chi connectivity index (χ2n) is 5.40. The number of ether oxygens (including phenoxy) is 1. The van der Waals surface area contributed by atoms with Crippen LogP contribution in [0.4, 0.5) is 4.79 Å². The van der Waals surface area contributed by atoms with Gasteiger partial charge in [-0.1, -0.05) is 6.07 Å². The molecule has 2 amide bonds. The van der Waals surface area contributed by atoms with Gasteiger partial charge < -0.3 is 15.0 Å². The fraction of sp³-hybridized carbons (Fsp3) is 0.353. The molecule has 0 saturated heterocycles. The van der Waals surface area contributed by atoms with E-state index in [0.717, 1.165) is 4.88 Å². The first-order chi connectivity index (χ1) is 12.5. The third-order valence-electron chi connectivity index (χ3n) is 3.66. The molecule has 1 heterocycles. The van der Waals surface area contributed by atoms with Crippen LogP contribution in [0.2, 0.25) is 0 Å². The molecular weight excluding hydrogens is 374 g/mol. The van der Waals surface area contributed by atoms with E-state index in [2.05, 4.69) is 10.0 Å². The van der Waals surface area contributed by atoms with E-state index in [-0.39, 0.29) is 24.0 Å². The highest BCUT2D eigenvalue weighted by Gasteiger charge is 2.15. The Morgan fingerprint density at radius 3 is 2.50 bits per heavy atom. The lowest BCUT2D eigenvalue weighted by Crippen LogP contribution is -2.42. The van der Waals surface area contributed by atoms with Crippen LogP contribution in [0.25, 0.3) is 0 Å². The van der Waals surface area contributed by atoms with E-state index >= 15 is 0 Å². The molecule has 1 aromatic carbocycles. The van der Waals surface area contributed by atoms with Crippen molar-refractivity contribution in [1.82, 2.24) is 14.9 Å². The molecule has 0 aliphatic rings. The topological polar surface area (TPSA) is 87.7 Å². The maximum Gasteiger partial charge on any atom is 0.317 e. The summed E-state index contributed by atoms with van der Waals surface area (Å²) in [4.78, 5) is 15.1. The minimum absolute atomic E-state index is 0.108. The third kappa shape index (κ3) is 5.72. The largest absolute Gasteiger partial charge is 0.497 e. The maximum atomic E-state index is 12.2. The predicted molar refractivity (Wildman–Crippen MR) is 102 cm³/mol. The lowest BCUT2D eigenvalue weighted by atomic mass is 10.3. The first-order valence-electron chi connectivity index (χ1n) is 8.15. The van der Waals surface area contributed by atoms with Gasteiger partial charge in [-0.15, -0.1) is 11.3 Å². The van der Waals surface area contributed by atoms with Crippen molar-refractivity contribution >= 4 is 27.4 Å². The molecule has 0 bridgehead atoms. The molecule has 142 valence electrons. The highest BCUT2D eigenvalue weighted by atomic mass is 32.2.